The summed E-state index contributed by atoms with van der Waals surface area (Å²) in [4.78, 5) is 6.72. The van der Waals surface area contributed by atoms with E-state index < -0.39 is 0 Å². The molecular formula is C19H22N2O2. The lowest BCUT2D eigenvalue weighted by molar-refractivity contribution is 0.403. The number of benzene rings is 2. The number of hydrogen-bond acceptors (Lipinski definition) is 4. The van der Waals surface area contributed by atoms with Crippen LogP contribution in [0.25, 0.3) is 0 Å². The van der Waals surface area contributed by atoms with E-state index in [2.05, 4.69) is 49.8 Å². The van der Waals surface area contributed by atoms with Crippen LogP contribution >= 0.6 is 0 Å². The second-order valence-corrected chi connectivity index (χ2v) is 6.68. The number of phenolic OH excluding ortho intramolecular Hbond substituents is 2. The minimum absolute atomic E-state index is 0.107. The lowest BCUT2D eigenvalue weighted by Gasteiger charge is -2.28. The van der Waals surface area contributed by atoms with Gasteiger partial charge in [0.25, 0.3) is 0 Å². The number of rotatable bonds is 2. The van der Waals surface area contributed by atoms with E-state index in [-0.39, 0.29) is 16.9 Å². The van der Waals surface area contributed by atoms with E-state index in [9.17, 15) is 10.2 Å². The van der Waals surface area contributed by atoms with Gasteiger partial charge in [0.05, 0.1) is 5.69 Å². The molecule has 3 rings (SSSR count). The predicted octanol–water partition coefficient (Wildman–Crippen LogP) is 3.96. The molecule has 0 spiro atoms. The summed E-state index contributed by atoms with van der Waals surface area (Å²) in [6.07, 6.45) is 1.57. The Labute approximate surface area is 136 Å². The summed E-state index contributed by atoms with van der Waals surface area (Å²) < 4.78 is 0. The van der Waals surface area contributed by atoms with Gasteiger partial charge in [-0.05, 0) is 36.8 Å². The number of aromatic hydroxyl groups is 2. The van der Waals surface area contributed by atoms with Crippen molar-refractivity contribution in [2.75, 3.05) is 11.9 Å². The van der Waals surface area contributed by atoms with Gasteiger partial charge in [-0.2, -0.15) is 0 Å². The first kappa shape index (κ1) is 15.4. The molecule has 4 nitrogen and oxygen atoms in total. The zero-order valence-corrected chi connectivity index (χ0v) is 13.9. The van der Waals surface area contributed by atoms with Crippen molar-refractivity contribution in [1.29, 1.82) is 0 Å². The molecular weight excluding hydrogens is 288 g/mol. The number of anilines is 1. The van der Waals surface area contributed by atoms with Gasteiger partial charge in [0.15, 0.2) is 11.5 Å². The number of likely N-dealkylation sites (N-methyl/N-ethyl adjacent to an activating group) is 1. The van der Waals surface area contributed by atoms with Crippen molar-refractivity contribution in [1.82, 2.24) is 0 Å². The minimum Gasteiger partial charge on any atom is -0.504 e. The number of aliphatic imine (C=N–C) groups is 1. The highest BCUT2D eigenvalue weighted by atomic mass is 16.3. The fourth-order valence-electron chi connectivity index (χ4n) is 3.15. The third kappa shape index (κ3) is 2.44. The Morgan fingerprint density at radius 3 is 2.65 bits per heavy atom. The Balaban J connectivity index is 1.95. The van der Waals surface area contributed by atoms with Gasteiger partial charge >= 0.3 is 0 Å². The molecule has 120 valence electrons. The van der Waals surface area contributed by atoms with Crippen LogP contribution in [0.4, 0.5) is 11.4 Å². The molecule has 1 aliphatic rings. The first-order valence-corrected chi connectivity index (χ1v) is 7.74. The van der Waals surface area contributed by atoms with Crippen molar-refractivity contribution in [3.8, 4) is 11.5 Å². The van der Waals surface area contributed by atoms with Gasteiger partial charge in [-0.25, -0.2) is 0 Å². The Kier molecular flexibility index (Phi) is 3.55. The van der Waals surface area contributed by atoms with Crippen LogP contribution in [0, 0.1) is 0 Å². The van der Waals surface area contributed by atoms with E-state index in [0.29, 0.717) is 11.6 Å². The zero-order valence-electron chi connectivity index (χ0n) is 13.9. The molecule has 0 radical (unpaired) electrons. The van der Waals surface area contributed by atoms with Crippen LogP contribution in [-0.2, 0) is 5.41 Å². The Hall–Kier alpha value is -2.49. The summed E-state index contributed by atoms with van der Waals surface area (Å²) in [5, 5.41) is 19.4. The molecule has 0 aromatic heterocycles. The highest BCUT2D eigenvalue weighted by Gasteiger charge is 2.39. The SMILES string of the molecule is CC1N(C)c2cc(N=Cc3cccc(O)c3O)ccc2C1(C)C. The van der Waals surface area contributed by atoms with Crippen LogP contribution in [0.5, 0.6) is 11.5 Å². The molecule has 0 aliphatic carbocycles. The van der Waals surface area contributed by atoms with Crippen LogP contribution in [0.3, 0.4) is 0 Å². The van der Waals surface area contributed by atoms with Crippen LogP contribution in [0.1, 0.15) is 31.9 Å². The van der Waals surface area contributed by atoms with E-state index in [1.54, 1.807) is 18.3 Å². The lowest BCUT2D eigenvalue weighted by Crippen LogP contribution is -2.36. The molecule has 0 saturated heterocycles. The standard InChI is InChI=1S/C19H22N2O2/c1-12-19(2,3)15-9-8-14(10-16(15)21(12)4)20-11-13-6-5-7-17(22)18(13)23/h5-12,22-23H,1-4H3. The topological polar surface area (TPSA) is 56.1 Å². The number of fused-ring (bicyclic) bond motifs is 1. The van der Waals surface area contributed by atoms with Gasteiger partial charge in [-0.3, -0.25) is 4.99 Å². The largest absolute Gasteiger partial charge is 0.504 e. The van der Waals surface area contributed by atoms with Gasteiger partial charge in [-0.1, -0.05) is 26.0 Å². The molecule has 0 bridgehead atoms. The van der Waals surface area contributed by atoms with E-state index in [0.717, 1.165) is 5.69 Å². The average Bonchev–Trinajstić information content (AvgIpc) is 2.70. The second-order valence-electron chi connectivity index (χ2n) is 6.68. The zero-order chi connectivity index (χ0) is 16.8. The number of nitrogens with zero attached hydrogens (tertiary/aromatic N) is 2. The maximum Gasteiger partial charge on any atom is 0.166 e. The monoisotopic (exact) mass is 310 g/mol. The highest BCUT2D eigenvalue weighted by molar-refractivity contribution is 5.87. The number of hydrogen-bond donors (Lipinski definition) is 2. The Morgan fingerprint density at radius 1 is 1.17 bits per heavy atom. The fourth-order valence-corrected chi connectivity index (χ4v) is 3.15. The molecule has 2 N–H and O–H groups in total. The van der Waals surface area contributed by atoms with Crippen LogP contribution < -0.4 is 4.90 Å². The number of phenols is 2. The van der Waals surface area contributed by atoms with Crippen molar-refractivity contribution in [2.24, 2.45) is 4.99 Å². The van der Waals surface area contributed by atoms with E-state index >= 15 is 0 Å². The number of para-hydroxylation sites is 1. The minimum atomic E-state index is -0.149. The molecule has 1 atom stereocenters. The molecule has 1 aliphatic heterocycles. The van der Waals surface area contributed by atoms with E-state index in [1.165, 1.54) is 17.3 Å². The smallest absolute Gasteiger partial charge is 0.166 e. The van der Waals surface area contributed by atoms with Crippen molar-refractivity contribution < 1.29 is 10.2 Å². The van der Waals surface area contributed by atoms with Gasteiger partial charge in [-0.15, -0.1) is 0 Å². The quantitative estimate of drug-likeness (QED) is 0.652. The van der Waals surface area contributed by atoms with Crippen molar-refractivity contribution in [3.05, 3.63) is 47.5 Å². The molecule has 4 heteroatoms. The Morgan fingerprint density at radius 2 is 1.91 bits per heavy atom. The maximum absolute atomic E-state index is 9.83. The second kappa shape index (κ2) is 5.30. The van der Waals surface area contributed by atoms with Crippen LogP contribution in [-0.4, -0.2) is 29.5 Å². The average molecular weight is 310 g/mol. The molecule has 2 aromatic rings. The van der Waals surface area contributed by atoms with E-state index in [1.807, 2.05) is 6.07 Å². The summed E-state index contributed by atoms with van der Waals surface area (Å²) in [7, 11) is 2.10. The maximum atomic E-state index is 9.83. The molecule has 0 fully saturated rings. The summed E-state index contributed by atoms with van der Waals surface area (Å²) in [5.41, 5.74) is 3.94. The summed E-state index contributed by atoms with van der Waals surface area (Å²) in [6, 6.07) is 11.4. The third-order valence-corrected chi connectivity index (χ3v) is 5.08. The predicted molar refractivity (Wildman–Crippen MR) is 94.4 cm³/mol. The van der Waals surface area contributed by atoms with Crippen LogP contribution in [0.15, 0.2) is 41.4 Å². The third-order valence-electron chi connectivity index (χ3n) is 5.08. The summed E-state index contributed by atoms with van der Waals surface area (Å²) in [5.74, 6) is -0.289. The molecule has 1 unspecified atom stereocenters. The van der Waals surface area contributed by atoms with Crippen molar-refractivity contribution in [3.63, 3.8) is 0 Å². The van der Waals surface area contributed by atoms with Gasteiger partial charge in [0, 0.05) is 36.0 Å². The summed E-state index contributed by atoms with van der Waals surface area (Å²) >= 11 is 0. The molecule has 0 saturated carbocycles. The van der Waals surface area contributed by atoms with E-state index in [4.69, 9.17) is 0 Å². The lowest BCUT2D eigenvalue weighted by atomic mass is 9.81. The van der Waals surface area contributed by atoms with Crippen molar-refractivity contribution in [2.45, 2.75) is 32.2 Å². The Bertz CT molecular complexity index is 781. The highest BCUT2D eigenvalue weighted by Crippen LogP contribution is 2.45. The first-order chi connectivity index (χ1) is 10.8. The van der Waals surface area contributed by atoms with Gasteiger partial charge in [0.2, 0.25) is 0 Å². The van der Waals surface area contributed by atoms with Crippen molar-refractivity contribution >= 4 is 17.6 Å². The fraction of sp³-hybridized carbons (Fsp3) is 0.316. The molecule has 2 aromatic carbocycles. The van der Waals surface area contributed by atoms with Gasteiger partial charge < -0.3 is 15.1 Å². The molecule has 23 heavy (non-hydrogen) atoms. The normalized spacial score (nSPS) is 19.3. The molecule has 0 amide bonds. The summed E-state index contributed by atoms with van der Waals surface area (Å²) in [6.45, 7) is 6.75. The first-order valence-electron chi connectivity index (χ1n) is 7.74. The van der Waals surface area contributed by atoms with Gasteiger partial charge in [0.1, 0.15) is 0 Å². The molecule has 1 heterocycles. The van der Waals surface area contributed by atoms with Crippen LogP contribution in [0.2, 0.25) is 0 Å².